The molecule has 1 aromatic carbocycles. The SMILES string of the molecule is CN(Cc1ccccc1[N+](=O)[O-])C(=O)[C@@H]1CCCCN1. The smallest absolute Gasteiger partial charge is 0.274 e. The predicted octanol–water partition coefficient (Wildman–Crippen LogP) is 1.70. The molecule has 1 heterocycles. The minimum Gasteiger partial charge on any atom is -0.340 e. The fourth-order valence-electron chi connectivity index (χ4n) is 2.48. The van der Waals surface area contributed by atoms with Crippen LogP contribution in [0.5, 0.6) is 0 Å². The average molecular weight is 277 g/mol. The summed E-state index contributed by atoms with van der Waals surface area (Å²) in [6.07, 6.45) is 2.97. The first-order valence-electron chi connectivity index (χ1n) is 6.80. The van der Waals surface area contributed by atoms with Crippen molar-refractivity contribution in [3.05, 3.63) is 39.9 Å². The molecule has 0 saturated carbocycles. The van der Waals surface area contributed by atoms with Crippen LogP contribution in [0.1, 0.15) is 24.8 Å². The van der Waals surface area contributed by atoms with Crippen LogP contribution in [0.4, 0.5) is 5.69 Å². The number of hydrogen-bond donors (Lipinski definition) is 1. The van der Waals surface area contributed by atoms with Crippen molar-refractivity contribution >= 4 is 11.6 Å². The molecule has 6 heteroatoms. The van der Waals surface area contributed by atoms with E-state index in [2.05, 4.69) is 5.32 Å². The van der Waals surface area contributed by atoms with E-state index in [4.69, 9.17) is 0 Å². The molecule has 0 aromatic heterocycles. The van der Waals surface area contributed by atoms with Crippen LogP contribution in [-0.4, -0.2) is 35.4 Å². The van der Waals surface area contributed by atoms with Crippen LogP contribution >= 0.6 is 0 Å². The number of amides is 1. The van der Waals surface area contributed by atoms with Crippen LogP contribution in [0.2, 0.25) is 0 Å². The first-order chi connectivity index (χ1) is 9.59. The summed E-state index contributed by atoms with van der Waals surface area (Å²) in [6, 6.07) is 6.38. The van der Waals surface area contributed by atoms with Gasteiger partial charge in [-0.25, -0.2) is 0 Å². The number of nitro benzene ring substituents is 1. The maximum Gasteiger partial charge on any atom is 0.274 e. The highest BCUT2D eigenvalue weighted by atomic mass is 16.6. The highest BCUT2D eigenvalue weighted by Crippen LogP contribution is 2.20. The Labute approximate surface area is 117 Å². The Hall–Kier alpha value is -1.95. The van der Waals surface area contributed by atoms with E-state index in [1.54, 1.807) is 30.1 Å². The normalized spacial score (nSPS) is 18.6. The van der Waals surface area contributed by atoms with Gasteiger partial charge in [0, 0.05) is 18.7 Å². The van der Waals surface area contributed by atoms with E-state index in [1.165, 1.54) is 6.07 Å². The Balaban J connectivity index is 2.05. The molecule has 1 N–H and O–H groups in total. The first kappa shape index (κ1) is 14.5. The molecule has 0 spiro atoms. The molecule has 6 nitrogen and oxygen atoms in total. The first-order valence-corrected chi connectivity index (χ1v) is 6.80. The lowest BCUT2D eigenvalue weighted by atomic mass is 10.0. The van der Waals surface area contributed by atoms with Gasteiger partial charge in [-0.2, -0.15) is 0 Å². The maximum absolute atomic E-state index is 12.3. The van der Waals surface area contributed by atoms with Crippen molar-refractivity contribution in [1.82, 2.24) is 10.2 Å². The zero-order valence-corrected chi connectivity index (χ0v) is 11.5. The van der Waals surface area contributed by atoms with Gasteiger partial charge in [0.15, 0.2) is 0 Å². The summed E-state index contributed by atoms with van der Waals surface area (Å²) in [5.74, 6) is 0.00264. The van der Waals surface area contributed by atoms with Gasteiger partial charge in [-0.05, 0) is 19.4 Å². The molecule has 1 amide bonds. The number of nitrogens with zero attached hydrogens (tertiary/aromatic N) is 2. The highest BCUT2D eigenvalue weighted by Gasteiger charge is 2.25. The van der Waals surface area contributed by atoms with Crippen molar-refractivity contribution in [2.45, 2.75) is 31.8 Å². The van der Waals surface area contributed by atoms with Gasteiger partial charge in [-0.1, -0.05) is 24.6 Å². The van der Waals surface area contributed by atoms with Crippen LogP contribution in [0.3, 0.4) is 0 Å². The number of nitrogens with one attached hydrogen (secondary N) is 1. The van der Waals surface area contributed by atoms with Gasteiger partial charge in [0.2, 0.25) is 5.91 Å². The van der Waals surface area contributed by atoms with Crippen LogP contribution in [-0.2, 0) is 11.3 Å². The molecule has 0 radical (unpaired) electrons. The molecular weight excluding hydrogens is 258 g/mol. The van der Waals surface area contributed by atoms with Crippen molar-refractivity contribution in [2.24, 2.45) is 0 Å². The second-order valence-corrected chi connectivity index (χ2v) is 5.08. The molecular formula is C14H19N3O3. The Kier molecular flexibility index (Phi) is 4.68. The summed E-state index contributed by atoms with van der Waals surface area (Å²) >= 11 is 0. The van der Waals surface area contributed by atoms with Gasteiger partial charge in [0.25, 0.3) is 5.69 Å². The fourth-order valence-corrected chi connectivity index (χ4v) is 2.48. The number of hydrogen-bond acceptors (Lipinski definition) is 4. The molecule has 0 aliphatic carbocycles. The summed E-state index contributed by atoms with van der Waals surface area (Å²) < 4.78 is 0. The molecule has 0 bridgehead atoms. The van der Waals surface area contributed by atoms with Crippen molar-refractivity contribution in [2.75, 3.05) is 13.6 Å². The number of para-hydroxylation sites is 1. The van der Waals surface area contributed by atoms with Gasteiger partial charge >= 0.3 is 0 Å². The Morgan fingerprint density at radius 2 is 2.20 bits per heavy atom. The Bertz CT molecular complexity index is 498. The standard InChI is InChI=1S/C14H19N3O3/c1-16(14(18)12-7-4-5-9-15-12)10-11-6-2-3-8-13(11)17(19)20/h2-3,6,8,12,15H,4-5,7,9-10H2,1H3/t12-/m0/s1. The van der Waals surface area contributed by atoms with E-state index in [9.17, 15) is 14.9 Å². The van der Waals surface area contributed by atoms with Crippen molar-refractivity contribution in [3.8, 4) is 0 Å². The average Bonchev–Trinajstić information content (AvgIpc) is 2.47. The lowest BCUT2D eigenvalue weighted by molar-refractivity contribution is -0.385. The van der Waals surface area contributed by atoms with Crippen molar-refractivity contribution in [1.29, 1.82) is 0 Å². The molecule has 1 atom stereocenters. The minimum absolute atomic E-state index is 0.00264. The third-order valence-corrected chi connectivity index (χ3v) is 3.58. The van der Waals surface area contributed by atoms with Crippen LogP contribution < -0.4 is 5.32 Å². The molecule has 1 saturated heterocycles. The van der Waals surface area contributed by atoms with E-state index in [-0.39, 0.29) is 24.2 Å². The zero-order chi connectivity index (χ0) is 14.5. The molecule has 1 aliphatic rings. The van der Waals surface area contributed by atoms with E-state index in [0.717, 1.165) is 25.8 Å². The molecule has 108 valence electrons. The third-order valence-electron chi connectivity index (χ3n) is 3.58. The van der Waals surface area contributed by atoms with Crippen LogP contribution in [0.25, 0.3) is 0 Å². The summed E-state index contributed by atoms with van der Waals surface area (Å²) in [5.41, 5.74) is 0.618. The number of rotatable bonds is 4. The Morgan fingerprint density at radius 1 is 1.45 bits per heavy atom. The molecule has 1 aromatic rings. The van der Waals surface area contributed by atoms with Crippen molar-refractivity contribution < 1.29 is 9.72 Å². The summed E-state index contributed by atoms with van der Waals surface area (Å²) in [7, 11) is 1.69. The second-order valence-electron chi connectivity index (χ2n) is 5.08. The van der Waals surface area contributed by atoms with Gasteiger partial charge < -0.3 is 10.2 Å². The third kappa shape index (κ3) is 3.33. The van der Waals surface area contributed by atoms with E-state index in [0.29, 0.717) is 5.56 Å². The minimum atomic E-state index is -0.410. The number of carbonyl (C=O) groups is 1. The number of carbonyl (C=O) groups excluding carboxylic acids is 1. The summed E-state index contributed by atoms with van der Waals surface area (Å²) in [6.45, 7) is 1.11. The largest absolute Gasteiger partial charge is 0.340 e. The van der Waals surface area contributed by atoms with E-state index >= 15 is 0 Å². The lowest BCUT2D eigenvalue weighted by Gasteiger charge is -2.27. The van der Waals surface area contributed by atoms with Crippen LogP contribution in [0, 0.1) is 10.1 Å². The molecule has 1 aliphatic heterocycles. The lowest BCUT2D eigenvalue weighted by Crippen LogP contribution is -2.47. The van der Waals surface area contributed by atoms with Gasteiger partial charge in [-0.15, -0.1) is 0 Å². The second kappa shape index (κ2) is 6.47. The zero-order valence-electron chi connectivity index (χ0n) is 11.5. The van der Waals surface area contributed by atoms with E-state index in [1.807, 2.05) is 0 Å². The molecule has 1 fully saturated rings. The van der Waals surface area contributed by atoms with Gasteiger partial charge in [-0.3, -0.25) is 14.9 Å². The highest BCUT2D eigenvalue weighted by molar-refractivity contribution is 5.81. The number of benzene rings is 1. The predicted molar refractivity (Wildman–Crippen MR) is 75.2 cm³/mol. The fraction of sp³-hybridized carbons (Fsp3) is 0.500. The van der Waals surface area contributed by atoms with Crippen LogP contribution in [0.15, 0.2) is 24.3 Å². The molecule has 2 rings (SSSR count). The van der Waals surface area contributed by atoms with Crippen molar-refractivity contribution in [3.63, 3.8) is 0 Å². The van der Waals surface area contributed by atoms with Gasteiger partial charge in [0.1, 0.15) is 0 Å². The topological polar surface area (TPSA) is 75.5 Å². The van der Waals surface area contributed by atoms with E-state index < -0.39 is 4.92 Å². The molecule has 20 heavy (non-hydrogen) atoms. The maximum atomic E-state index is 12.3. The number of likely N-dealkylation sites (N-methyl/N-ethyl adjacent to an activating group) is 1. The van der Waals surface area contributed by atoms with Gasteiger partial charge in [0.05, 0.1) is 17.5 Å². The summed E-state index contributed by atoms with van der Waals surface area (Å²) in [5, 5.41) is 14.2. The number of nitro groups is 1. The quantitative estimate of drug-likeness (QED) is 0.671. The summed E-state index contributed by atoms with van der Waals surface area (Å²) in [4.78, 5) is 24.4. The Morgan fingerprint density at radius 3 is 2.85 bits per heavy atom. The monoisotopic (exact) mass is 277 g/mol. The molecule has 0 unspecified atom stereocenters. The number of piperidine rings is 1.